The summed E-state index contributed by atoms with van der Waals surface area (Å²) in [5.41, 5.74) is 9.65. The van der Waals surface area contributed by atoms with E-state index in [1.807, 2.05) is 44.3 Å². The molecule has 0 bridgehead atoms. The minimum absolute atomic E-state index is 0.113. The number of hydrogen-bond acceptors (Lipinski definition) is 4. The van der Waals surface area contributed by atoms with Gasteiger partial charge in [-0.3, -0.25) is 4.98 Å². The van der Waals surface area contributed by atoms with Crippen molar-refractivity contribution >= 4 is 11.5 Å². The third-order valence-corrected chi connectivity index (χ3v) is 3.12. The van der Waals surface area contributed by atoms with Gasteiger partial charge in [0.25, 0.3) is 0 Å². The highest BCUT2D eigenvalue weighted by Gasteiger charge is 2.11. The van der Waals surface area contributed by atoms with Crippen LogP contribution in [0.1, 0.15) is 16.7 Å². The molecule has 0 fully saturated rings. The third-order valence-electron chi connectivity index (χ3n) is 3.12. The van der Waals surface area contributed by atoms with Gasteiger partial charge < -0.3 is 15.8 Å². The van der Waals surface area contributed by atoms with E-state index in [0.29, 0.717) is 0 Å². The lowest BCUT2D eigenvalue weighted by Gasteiger charge is -2.22. The van der Waals surface area contributed by atoms with E-state index >= 15 is 0 Å². The first kappa shape index (κ1) is 13.9. The van der Waals surface area contributed by atoms with Gasteiger partial charge in [-0.1, -0.05) is 11.2 Å². The number of nitrogens with two attached hydrogens (primary N) is 1. The van der Waals surface area contributed by atoms with E-state index in [1.165, 1.54) is 0 Å². The smallest absolute Gasteiger partial charge is 0.172 e. The van der Waals surface area contributed by atoms with Crippen LogP contribution >= 0.6 is 0 Å². The fourth-order valence-electron chi connectivity index (χ4n) is 2.08. The number of aromatic nitrogens is 1. The molecule has 0 aliphatic carbocycles. The quantitative estimate of drug-likeness (QED) is 0.386. The van der Waals surface area contributed by atoms with Crippen LogP contribution in [0, 0.1) is 6.92 Å². The van der Waals surface area contributed by atoms with Crippen LogP contribution in [0.15, 0.2) is 47.9 Å². The molecule has 0 saturated carbocycles. The molecule has 0 aliphatic heterocycles. The predicted molar refractivity (Wildman–Crippen MR) is 80.0 cm³/mol. The number of amidine groups is 1. The molecular weight excluding hydrogens is 252 g/mol. The van der Waals surface area contributed by atoms with Gasteiger partial charge in [0.15, 0.2) is 5.84 Å². The van der Waals surface area contributed by atoms with E-state index in [9.17, 15) is 0 Å². The topological polar surface area (TPSA) is 74.7 Å². The SMILES string of the molecule is Cc1ccc(C(N)=NO)c(N(C)Cc2ccncc2)c1. The fraction of sp³-hybridized carbons (Fsp3) is 0.200. The van der Waals surface area contributed by atoms with Crippen LogP contribution in [0.3, 0.4) is 0 Å². The van der Waals surface area contributed by atoms with Crippen LogP contribution in [-0.4, -0.2) is 23.1 Å². The van der Waals surface area contributed by atoms with Gasteiger partial charge in [0.05, 0.1) is 0 Å². The average molecular weight is 270 g/mol. The number of benzene rings is 1. The first-order chi connectivity index (χ1) is 9.61. The third kappa shape index (κ3) is 3.06. The van der Waals surface area contributed by atoms with Gasteiger partial charge in [-0.25, -0.2) is 0 Å². The zero-order valence-corrected chi connectivity index (χ0v) is 11.6. The number of nitrogens with zero attached hydrogens (tertiary/aromatic N) is 3. The van der Waals surface area contributed by atoms with E-state index in [-0.39, 0.29) is 5.84 Å². The summed E-state index contributed by atoms with van der Waals surface area (Å²) in [4.78, 5) is 6.07. The first-order valence-electron chi connectivity index (χ1n) is 6.30. The molecule has 5 heteroatoms. The highest BCUT2D eigenvalue weighted by atomic mass is 16.4. The van der Waals surface area contributed by atoms with E-state index in [1.54, 1.807) is 12.4 Å². The summed E-state index contributed by atoms with van der Waals surface area (Å²) < 4.78 is 0. The van der Waals surface area contributed by atoms with Crippen molar-refractivity contribution in [2.75, 3.05) is 11.9 Å². The number of oxime groups is 1. The molecule has 0 atom stereocenters. The van der Waals surface area contributed by atoms with Crippen molar-refractivity contribution in [1.29, 1.82) is 0 Å². The summed E-state index contributed by atoms with van der Waals surface area (Å²) in [7, 11) is 1.98. The van der Waals surface area contributed by atoms with E-state index in [0.717, 1.165) is 28.9 Å². The highest BCUT2D eigenvalue weighted by molar-refractivity contribution is 6.02. The number of pyridine rings is 1. The van der Waals surface area contributed by atoms with Gasteiger partial charge in [0.1, 0.15) is 0 Å². The zero-order chi connectivity index (χ0) is 14.5. The summed E-state index contributed by atoms with van der Waals surface area (Å²) in [6.45, 7) is 2.73. The van der Waals surface area contributed by atoms with Crippen molar-refractivity contribution in [3.63, 3.8) is 0 Å². The second-order valence-corrected chi connectivity index (χ2v) is 4.72. The molecule has 1 aromatic carbocycles. The maximum absolute atomic E-state index is 8.89. The molecule has 1 aromatic heterocycles. The predicted octanol–water partition coefficient (Wildman–Crippen LogP) is 2.12. The molecule has 0 spiro atoms. The van der Waals surface area contributed by atoms with Crippen molar-refractivity contribution < 1.29 is 5.21 Å². The standard InChI is InChI=1S/C15H18N4O/c1-11-3-4-13(15(16)18-20)14(9-11)19(2)10-12-5-7-17-8-6-12/h3-9,20H,10H2,1-2H3,(H2,16,18). The Bertz CT molecular complexity index is 611. The van der Waals surface area contributed by atoms with E-state index in [2.05, 4.69) is 15.0 Å². The Morgan fingerprint density at radius 3 is 2.65 bits per heavy atom. The highest BCUT2D eigenvalue weighted by Crippen LogP contribution is 2.22. The number of rotatable bonds is 4. The molecule has 20 heavy (non-hydrogen) atoms. The number of aryl methyl sites for hydroxylation is 1. The summed E-state index contributed by atoms with van der Waals surface area (Å²) in [6.07, 6.45) is 3.54. The lowest BCUT2D eigenvalue weighted by atomic mass is 10.1. The molecule has 0 amide bonds. The molecule has 0 aliphatic rings. The van der Waals surface area contributed by atoms with Crippen LogP contribution in [0.4, 0.5) is 5.69 Å². The minimum Gasteiger partial charge on any atom is -0.409 e. The summed E-state index contributed by atoms with van der Waals surface area (Å²) >= 11 is 0. The summed E-state index contributed by atoms with van der Waals surface area (Å²) in [5.74, 6) is 0.113. The van der Waals surface area contributed by atoms with Gasteiger partial charge in [-0.15, -0.1) is 0 Å². The lowest BCUT2D eigenvalue weighted by Crippen LogP contribution is -2.22. The van der Waals surface area contributed by atoms with Crippen molar-refractivity contribution in [3.05, 3.63) is 59.4 Å². The molecular formula is C15H18N4O. The van der Waals surface area contributed by atoms with Gasteiger partial charge in [-0.2, -0.15) is 0 Å². The maximum atomic E-state index is 8.89. The molecule has 0 saturated heterocycles. The van der Waals surface area contributed by atoms with Crippen molar-refractivity contribution in [3.8, 4) is 0 Å². The molecule has 104 valence electrons. The molecule has 1 heterocycles. The molecule has 0 unspecified atom stereocenters. The van der Waals surface area contributed by atoms with Crippen molar-refractivity contribution in [2.45, 2.75) is 13.5 Å². The normalized spacial score (nSPS) is 11.4. The molecule has 0 radical (unpaired) electrons. The Kier molecular flexibility index (Phi) is 4.20. The Morgan fingerprint density at radius 1 is 1.30 bits per heavy atom. The van der Waals surface area contributed by atoms with Crippen LogP contribution in [0.5, 0.6) is 0 Å². The van der Waals surface area contributed by atoms with Crippen LogP contribution in [-0.2, 0) is 6.54 Å². The van der Waals surface area contributed by atoms with Crippen molar-refractivity contribution in [1.82, 2.24) is 4.98 Å². The van der Waals surface area contributed by atoms with Crippen molar-refractivity contribution in [2.24, 2.45) is 10.9 Å². The largest absolute Gasteiger partial charge is 0.409 e. The van der Waals surface area contributed by atoms with E-state index < -0.39 is 0 Å². The lowest BCUT2D eigenvalue weighted by molar-refractivity contribution is 0.318. The van der Waals surface area contributed by atoms with Gasteiger partial charge >= 0.3 is 0 Å². The maximum Gasteiger partial charge on any atom is 0.172 e. The van der Waals surface area contributed by atoms with Gasteiger partial charge in [-0.05, 0) is 42.3 Å². The molecule has 2 aromatic rings. The minimum atomic E-state index is 0.113. The second-order valence-electron chi connectivity index (χ2n) is 4.72. The fourth-order valence-corrected chi connectivity index (χ4v) is 2.08. The summed E-state index contributed by atoms with van der Waals surface area (Å²) in [5, 5.41) is 12.0. The Hall–Kier alpha value is -2.56. The Balaban J connectivity index is 2.33. The first-order valence-corrected chi connectivity index (χ1v) is 6.30. The molecule has 5 nitrogen and oxygen atoms in total. The molecule has 3 N–H and O–H groups in total. The second kappa shape index (κ2) is 6.06. The molecule has 2 rings (SSSR count). The van der Waals surface area contributed by atoms with Crippen LogP contribution < -0.4 is 10.6 Å². The van der Waals surface area contributed by atoms with Crippen LogP contribution in [0.2, 0.25) is 0 Å². The van der Waals surface area contributed by atoms with Crippen LogP contribution in [0.25, 0.3) is 0 Å². The number of anilines is 1. The Morgan fingerprint density at radius 2 is 2.00 bits per heavy atom. The van der Waals surface area contributed by atoms with E-state index in [4.69, 9.17) is 10.9 Å². The van der Waals surface area contributed by atoms with Gasteiger partial charge in [0, 0.05) is 37.2 Å². The zero-order valence-electron chi connectivity index (χ0n) is 11.6. The number of hydrogen-bond donors (Lipinski definition) is 2. The van der Waals surface area contributed by atoms with Gasteiger partial charge in [0.2, 0.25) is 0 Å². The average Bonchev–Trinajstić information content (AvgIpc) is 2.47. The Labute approximate surface area is 118 Å². The monoisotopic (exact) mass is 270 g/mol. The summed E-state index contributed by atoms with van der Waals surface area (Å²) in [6, 6.07) is 9.76.